The average Bonchev–Trinajstić information content (AvgIpc) is 3.38. The summed E-state index contributed by atoms with van der Waals surface area (Å²) in [7, 11) is 0.414. The molecule has 0 aromatic heterocycles. The summed E-state index contributed by atoms with van der Waals surface area (Å²) in [5, 5.41) is 0. The van der Waals surface area contributed by atoms with E-state index in [1.54, 1.807) is 0 Å². The van der Waals surface area contributed by atoms with Crippen LogP contribution in [0.2, 0.25) is 0 Å². The van der Waals surface area contributed by atoms with Crippen LogP contribution >= 0.6 is 8.58 Å². The predicted octanol–water partition coefficient (Wildman–Crippen LogP) is 5.84. The lowest BCUT2D eigenvalue weighted by atomic mass is 10.0. The Bertz CT molecular complexity index is 680. The van der Waals surface area contributed by atoms with Crippen LogP contribution in [0.3, 0.4) is 0 Å². The minimum Gasteiger partial charge on any atom is -0.368 e. The molecule has 0 radical (unpaired) electrons. The summed E-state index contributed by atoms with van der Waals surface area (Å²) in [6.45, 7) is 11.4. The molecule has 2 unspecified atom stereocenters. The van der Waals surface area contributed by atoms with Gasteiger partial charge in [-0.2, -0.15) is 0 Å². The van der Waals surface area contributed by atoms with Crippen LogP contribution in [-0.2, 0) is 4.74 Å². The summed E-state index contributed by atoms with van der Waals surface area (Å²) in [6.07, 6.45) is 1.41. The normalized spacial score (nSPS) is 16.0. The van der Waals surface area contributed by atoms with Gasteiger partial charge in [0.1, 0.15) is 6.10 Å². The molecule has 1 saturated heterocycles. The molecule has 0 amide bonds. The summed E-state index contributed by atoms with van der Waals surface area (Å²) in [5.41, 5.74) is 6.06. The second-order valence-corrected chi connectivity index (χ2v) is 8.33. The molecular formula is C22H29O2P. The van der Waals surface area contributed by atoms with E-state index in [2.05, 4.69) is 45.0 Å². The van der Waals surface area contributed by atoms with Gasteiger partial charge in [0.2, 0.25) is 0 Å². The lowest BCUT2D eigenvalue weighted by Gasteiger charge is -2.11. The van der Waals surface area contributed by atoms with E-state index < -0.39 is 0 Å². The van der Waals surface area contributed by atoms with Gasteiger partial charge >= 0.3 is 0 Å². The number of aryl methyl sites for hydroxylation is 3. The van der Waals surface area contributed by atoms with Gasteiger partial charge in [0.25, 0.3) is 0 Å². The summed E-state index contributed by atoms with van der Waals surface area (Å²) in [6, 6.07) is 14.5. The number of carbonyl (C=O) groups is 1. The largest absolute Gasteiger partial charge is 0.368 e. The fraction of sp³-hybridized carbons (Fsp3) is 0.409. The molecule has 1 heterocycles. The van der Waals surface area contributed by atoms with Gasteiger partial charge in [-0.05, 0) is 58.1 Å². The maximum atomic E-state index is 12.1. The van der Waals surface area contributed by atoms with Gasteiger partial charge in [0.15, 0.2) is 5.52 Å². The molecule has 0 spiro atoms. The number of hydrogen-bond donors (Lipinski definition) is 0. The van der Waals surface area contributed by atoms with E-state index in [4.69, 9.17) is 4.74 Å². The van der Waals surface area contributed by atoms with Crippen molar-refractivity contribution in [3.63, 3.8) is 0 Å². The molecule has 0 N–H and O–H groups in total. The molecule has 0 aliphatic carbocycles. The average molecular weight is 356 g/mol. The van der Waals surface area contributed by atoms with Crippen LogP contribution in [-0.4, -0.2) is 18.3 Å². The Morgan fingerprint density at radius 2 is 1.68 bits per heavy atom. The monoisotopic (exact) mass is 356 g/mol. The Kier molecular flexibility index (Phi) is 7.35. The highest BCUT2D eigenvalue weighted by molar-refractivity contribution is 7.58. The van der Waals surface area contributed by atoms with Crippen molar-refractivity contribution in [3.8, 4) is 0 Å². The van der Waals surface area contributed by atoms with E-state index in [-0.39, 0.29) is 0 Å². The van der Waals surface area contributed by atoms with Gasteiger partial charge < -0.3 is 4.74 Å². The summed E-state index contributed by atoms with van der Waals surface area (Å²) >= 11 is 0. The van der Waals surface area contributed by atoms with Crippen LogP contribution in [0.4, 0.5) is 0 Å². The first-order valence-corrected chi connectivity index (χ1v) is 10.1. The number of rotatable bonds is 5. The first kappa shape index (κ1) is 19.8. The molecule has 2 aromatic carbocycles. The molecule has 0 bridgehead atoms. The molecule has 3 heteroatoms. The predicted molar refractivity (Wildman–Crippen MR) is 108 cm³/mol. The van der Waals surface area contributed by atoms with E-state index in [0.717, 1.165) is 29.5 Å². The van der Waals surface area contributed by atoms with Crippen LogP contribution in [0.5, 0.6) is 0 Å². The molecule has 25 heavy (non-hydrogen) atoms. The first-order valence-electron chi connectivity index (χ1n) is 8.91. The van der Waals surface area contributed by atoms with Crippen LogP contribution in [0.25, 0.3) is 0 Å². The fourth-order valence-corrected chi connectivity index (χ4v) is 4.00. The van der Waals surface area contributed by atoms with Gasteiger partial charge in [-0.25, -0.2) is 0 Å². The maximum absolute atomic E-state index is 12.1. The second-order valence-electron chi connectivity index (χ2n) is 7.11. The van der Waals surface area contributed by atoms with E-state index in [1.165, 1.54) is 11.1 Å². The Balaban J connectivity index is 0.000000208. The fourth-order valence-electron chi connectivity index (χ4n) is 2.83. The summed E-state index contributed by atoms with van der Waals surface area (Å²) in [5.74, 6) is 0.605. The molecule has 0 saturated carbocycles. The highest BCUT2D eigenvalue weighted by atomic mass is 31.1. The third-order valence-electron chi connectivity index (χ3n) is 4.08. The smallest absolute Gasteiger partial charge is 0.181 e. The number of ether oxygens (including phenoxy) is 1. The quantitative estimate of drug-likeness (QED) is 0.497. The zero-order valence-electron chi connectivity index (χ0n) is 15.9. The zero-order chi connectivity index (χ0) is 18.4. The second kappa shape index (κ2) is 9.27. The standard InChI is InChI=1S/C14H21OP.C8H8O/c1-9(2)8-16-14(15)13-11(4)6-10(3)7-12(13)5;1-2-4-7(5-3-1)8-6-9-8/h6-7,9,16H,8H2,1-5H3;1-5,8H,6H2. The SMILES string of the molecule is Cc1cc(C)c(C(=O)PCC(C)C)c(C)c1.c1ccc(C2CO2)cc1. The lowest BCUT2D eigenvalue weighted by molar-refractivity contribution is 0.108. The highest BCUT2D eigenvalue weighted by Gasteiger charge is 2.23. The number of epoxide rings is 1. The topological polar surface area (TPSA) is 29.6 Å². The van der Waals surface area contributed by atoms with Crippen LogP contribution in [0.15, 0.2) is 42.5 Å². The molecule has 2 atom stereocenters. The molecule has 2 aromatic rings. The Labute approximate surface area is 153 Å². The number of benzene rings is 2. The maximum Gasteiger partial charge on any atom is 0.181 e. The van der Waals surface area contributed by atoms with Gasteiger partial charge in [-0.1, -0.05) is 61.9 Å². The molecule has 134 valence electrons. The van der Waals surface area contributed by atoms with Crippen molar-refractivity contribution in [3.05, 3.63) is 70.3 Å². The van der Waals surface area contributed by atoms with Crippen molar-refractivity contribution in [2.75, 3.05) is 12.8 Å². The van der Waals surface area contributed by atoms with Gasteiger partial charge in [0.05, 0.1) is 6.61 Å². The van der Waals surface area contributed by atoms with Crippen molar-refractivity contribution >= 4 is 14.1 Å². The Morgan fingerprint density at radius 1 is 1.12 bits per heavy atom. The Morgan fingerprint density at radius 3 is 2.16 bits per heavy atom. The van der Waals surface area contributed by atoms with Crippen molar-refractivity contribution in [1.29, 1.82) is 0 Å². The van der Waals surface area contributed by atoms with Gasteiger partial charge in [-0.3, -0.25) is 4.79 Å². The minimum absolute atomic E-state index is 0.323. The van der Waals surface area contributed by atoms with Crippen molar-refractivity contribution in [2.45, 2.75) is 40.7 Å². The highest BCUT2D eigenvalue weighted by Crippen LogP contribution is 2.29. The lowest BCUT2D eigenvalue weighted by Crippen LogP contribution is -2.02. The van der Waals surface area contributed by atoms with E-state index in [1.807, 2.05) is 32.0 Å². The zero-order valence-corrected chi connectivity index (χ0v) is 16.9. The van der Waals surface area contributed by atoms with E-state index in [9.17, 15) is 4.79 Å². The van der Waals surface area contributed by atoms with Crippen LogP contribution in [0.1, 0.15) is 52.6 Å². The van der Waals surface area contributed by atoms with Crippen LogP contribution < -0.4 is 0 Å². The molecule has 1 aliphatic rings. The number of hydrogen-bond acceptors (Lipinski definition) is 2. The van der Waals surface area contributed by atoms with Crippen LogP contribution in [0, 0.1) is 26.7 Å². The molecule has 1 fully saturated rings. The molecule has 2 nitrogen and oxygen atoms in total. The van der Waals surface area contributed by atoms with Crippen molar-refractivity contribution < 1.29 is 9.53 Å². The number of carbonyl (C=O) groups excluding carboxylic acids is 1. The van der Waals surface area contributed by atoms with Crippen molar-refractivity contribution in [1.82, 2.24) is 0 Å². The van der Waals surface area contributed by atoms with E-state index in [0.29, 0.717) is 26.1 Å². The summed E-state index contributed by atoms with van der Waals surface area (Å²) < 4.78 is 5.09. The van der Waals surface area contributed by atoms with Gasteiger partial charge in [-0.15, -0.1) is 0 Å². The third kappa shape index (κ3) is 6.38. The molecule has 3 rings (SSSR count). The van der Waals surface area contributed by atoms with Gasteiger partial charge in [0, 0.05) is 5.56 Å². The third-order valence-corrected chi connectivity index (χ3v) is 5.67. The minimum atomic E-state index is 0.323. The molecule has 1 aliphatic heterocycles. The van der Waals surface area contributed by atoms with E-state index >= 15 is 0 Å². The van der Waals surface area contributed by atoms with Crippen molar-refractivity contribution in [2.24, 2.45) is 5.92 Å². The Hall–Kier alpha value is -1.50. The molecular weight excluding hydrogens is 327 g/mol. The summed E-state index contributed by atoms with van der Waals surface area (Å²) in [4.78, 5) is 12.1. The first-order chi connectivity index (χ1) is 11.9.